The van der Waals surface area contributed by atoms with Crippen molar-refractivity contribution in [3.05, 3.63) is 48.2 Å². The largest absolute Gasteiger partial charge is 0.508 e. The number of benzene rings is 2. The average Bonchev–Trinajstić information content (AvgIpc) is 3.09. The first-order valence-corrected chi connectivity index (χ1v) is 8.82. The molecule has 0 bridgehead atoms. The van der Waals surface area contributed by atoms with Gasteiger partial charge in [-0.25, -0.2) is 0 Å². The number of carbonyl (C=O) groups excluding carboxylic acids is 2. The second kappa shape index (κ2) is 8.55. The molecule has 0 aliphatic heterocycles. The fourth-order valence-corrected chi connectivity index (χ4v) is 2.81. The summed E-state index contributed by atoms with van der Waals surface area (Å²) < 4.78 is 20.9. The minimum absolute atomic E-state index is 0.0637. The molecular weight excluding hydrogens is 378 g/mol. The van der Waals surface area contributed by atoms with Gasteiger partial charge in [0.05, 0.1) is 26.9 Å². The Labute approximate surface area is 167 Å². The lowest BCUT2D eigenvalue weighted by Crippen LogP contribution is -2.30. The number of phenolic OH excluding ortho intramolecular Hbond substituents is 1. The Morgan fingerprint density at radius 3 is 2.59 bits per heavy atom. The van der Waals surface area contributed by atoms with E-state index in [1.165, 1.54) is 39.5 Å². The third-order valence-corrected chi connectivity index (χ3v) is 4.30. The van der Waals surface area contributed by atoms with Crippen LogP contribution in [0, 0.1) is 0 Å². The van der Waals surface area contributed by atoms with E-state index in [1.54, 1.807) is 24.3 Å². The van der Waals surface area contributed by atoms with Gasteiger partial charge in [0.2, 0.25) is 0 Å². The maximum atomic E-state index is 12.3. The van der Waals surface area contributed by atoms with Crippen molar-refractivity contribution in [1.82, 2.24) is 0 Å². The van der Waals surface area contributed by atoms with Crippen LogP contribution in [0.15, 0.2) is 47.1 Å². The van der Waals surface area contributed by atoms with Crippen LogP contribution >= 0.6 is 0 Å². The molecule has 0 radical (unpaired) electrons. The van der Waals surface area contributed by atoms with E-state index in [2.05, 4.69) is 5.32 Å². The van der Waals surface area contributed by atoms with Crippen LogP contribution in [-0.2, 0) is 20.7 Å². The molecule has 2 aromatic carbocycles. The highest BCUT2D eigenvalue weighted by molar-refractivity contribution is 5.95. The molecule has 152 valence electrons. The van der Waals surface area contributed by atoms with Gasteiger partial charge in [0.25, 0.3) is 5.91 Å². The number of furan rings is 1. The van der Waals surface area contributed by atoms with Gasteiger partial charge >= 0.3 is 5.97 Å². The number of nitrogens with one attached hydrogen (secondary N) is 1. The number of ether oxygens (including phenoxy) is 3. The standard InChI is InChI=1S/C21H21NO7/c1-12(21(25)22-14-4-7-17(26-2)19(9-14)27-3)29-20(24)8-13-11-28-18-10-15(23)5-6-16(13)18/h4-7,9-12,23H,8H2,1-3H3,(H,22,25)/t12-/m1/s1. The number of carbonyl (C=O) groups is 2. The SMILES string of the molecule is COc1ccc(NC(=O)[C@@H](C)OC(=O)Cc2coc3cc(O)ccc23)cc1OC. The van der Waals surface area contributed by atoms with E-state index >= 15 is 0 Å². The van der Waals surface area contributed by atoms with Gasteiger partial charge in [-0.2, -0.15) is 0 Å². The lowest BCUT2D eigenvalue weighted by molar-refractivity contribution is -0.152. The molecule has 29 heavy (non-hydrogen) atoms. The summed E-state index contributed by atoms with van der Waals surface area (Å²) >= 11 is 0. The molecule has 3 aromatic rings. The Morgan fingerprint density at radius 1 is 1.10 bits per heavy atom. The number of amides is 1. The summed E-state index contributed by atoms with van der Waals surface area (Å²) in [5.74, 6) is 0.0168. The Bertz CT molecular complexity index is 1040. The lowest BCUT2D eigenvalue weighted by Gasteiger charge is -2.14. The predicted octanol–water partition coefficient (Wildman–Crippen LogP) is 3.27. The monoisotopic (exact) mass is 399 g/mol. The van der Waals surface area contributed by atoms with Crippen molar-refractivity contribution in [2.75, 3.05) is 19.5 Å². The summed E-state index contributed by atoms with van der Waals surface area (Å²) in [5.41, 5.74) is 1.56. The number of hydrogen-bond donors (Lipinski definition) is 2. The van der Waals surface area contributed by atoms with E-state index in [9.17, 15) is 14.7 Å². The number of fused-ring (bicyclic) bond motifs is 1. The highest BCUT2D eigenvalue weighted by Crippen LogP contribution is 2.30. The minimum atomic E-state index is -1.00. The molecule has 8 heteroatoms. The van der Waals surface area contributed by atoms with Crippen LogP contribution in [-0.4, -0.2) is 37.3 Å². The number of aromatic hydroxyl groups is 1. The number of hydrogen-bond acceptors (Lipinski definition) is 7. The molecule has 1 aromatic heterocycles. The molecule has 0 aliphatic carbocycles. The summed E-state index contributed by atoms with van der Waals surface area (Å²) in [6.07, 6.45) is 0.365. The summed E-state index contributed by atoms with van der Waals surface area (Å²) in [6, 6.07) is 9.55. The first-order valence-electron chi connectivity index (χ1n) is 8.82. The maximum Gasteiger partial charge on any atom is 0.311 e. The second-order valence-corrected chi connectivity index (χ2v) is 6.31. The molecule has 1 heterocycles. The van der Waals surface area contributed by atoms with Crippen LogP contribution in [0.5, 0.6) is 17.2 Å². The number of esters is 1. The van der Waals surface area contributed by atoms with Crippen LogP contribution < -0.4 is 14.8 Å². The second-order valence-electron chi connectivity index (χ2n) is 6.31. The maximum absolute atomic E-state index is 12.3. The molecule has 0 aliphatic rings. The van der Waals surface area contributed by atoms with Gasteiger partial charge in [0.15, 0.2) is 17.6 Å². The highest BCUT2D eigenvalue weighted by atomic mass is 16.5. The molecule has 0 spiro atoms. The predicted molar refractivity (Wildman–Crippen MR) is 105 cm³/mol. The number of rotatable bonds is 7. The summed E-state index contributed by atoms with van der Waals surface area (Å²) in [5, 5.41) is 12.8. The zero-order valence-corrected chi connectivity index (χ0v) is 16.2. The minimum Gasteiger partial charge on any atom is -0.508 e. The molecule has 0 unspecified atom stereocenters. The Kier molecular flexibility index (Phi) is 5.92. The van der Waals surface area contributed by atoms with Crippen molar-refractivity contribution in [2.45, 2.75) is 19.4 Å². The van der Waals surface area contributed by atoms with Gasteiger partial charge in [-0.05, 0) is 31.2 Å². The van der Waals surface area contributed by atoms with E-state index in [1.807, 2.05) is 0 Å². The molecule has 3 rings (SSSR count). The molecule has 0 saturated carbocycles. The zero-order valence-electron chi connectivity index (χ0n) is 16.2. The van der Waals surface area contributed by atoms with E-state index in [0.717, 1.165) is 0 Å². The van der Waals surface area contributed by atoms with Crippen LogP contribution in [0.3, 0.4) is 0 Å². The van der Waals surface area contributed by atoms with Crippen molar-refractivity contribution < 1.29 is 33.3 Å². The van der Waals surface area contributed by atoms with Gasteiger partial charge in [-0.15, -0.1) is 0 Å². The fraction of sp³-hybridized carbons (Fsp3) is 0.238. The van der Waals surface area contributed by atoms with Gasteiger partial charge in [0, 0.05) is 28.8 Å². The quantitative estimate of drug-likeness (QED) is 0.587. The molecule has 2 N–H and O–H groups in total. The molecule has 0 fully saturated rings. The number of phenols is 1. The van der Waals surface area contributed by atoms with Crippen molar-refractivity contribution in [2.24, 2.45) is 0 Å². The van der Waals surface area contributed by atoms with Crippen LogP contribution in [0.1, 0.15) is 12.5 Å². The Hall–Kier alpha value is -3.68. The van der Waals surface area contributed by atoms with Crippen molar-refractivity contribution in [1.29, 1.82) is 0 Å². The normalized spacial score (nSPS) is 11.7. The average molecular weight is 399 g/mol. The van der Waals surface area contributed by atoms with Gasteiger partial charge in [0.1, 0.15) is 11.3 Å². The first-order chi connectivity index (χ1) is 13.9. The van der Waals surface area contributed by atoms with Gasteiger partial charge in [-0.3, -0.25) is 9.59 Å². The molecular formula is C21H21NO7. The Balaban J connectivity index is 1.61. The molecule has 1 atom stereocenters. The number of anilines is 1. The van der Waals surface area contributed by atoms with E-state index < -0.39 is 18.0 Å². The van der Waals surface area contributed by atoms with Crippen LogP contribution in [0.2, 0.25) is 0 Å². The smallest absolute Gasteiger partial charge is 0.311 e. The van der Waals surface area contributed by atoms with E-state index in [4.69, 9.17) is 18.6 Å². The third kappa shape index (κ3) is 4.60. The van der Waals surface area contributed by atoms with E-state index in [-0.39, 0.29) is 12.2 Å². The van der Waals surface area contributed by atoms with Crippen LogP contribution in [0.4, 0.5) is 5.69 Å². The lowest BCUT2D eigenvalue weighted by atomic mass is 10.1. The number of methoxy groups -OCH3 is 2. The summed E-state index contributed by atoms with van der Waals surface area (Å²) in [7, 11) is 3.01. The zero-order chi connectivity index (χ0) is 21.0. The third-order valence-electron chi connectivity index (χ3n) is 4.30. The van der Waals surface area contributed by atoms with Gasteiger partial charge < -0.3 is 29.1 Å². The van der Waals surface area contributed by atoms with E-state index in [0.29, 0.717) is 33.7 Å². The highest BCUT2D eigenvalue weighted by Gasteiger charge is 2.20. The van der Waals surface area contributed by atoms with Gasteiger partial charge in [-0.1, -0.05) is 0 Å². The summed E-state index contributed by atoms with van der Waals surface area (Å²) in [6.45, 7) is 1.49. The topological polar surface area (TPSA) is 107 Å². The Morgan fingerprint density at radius 2 is 1.86 bits per heavy atom. The van der Waals surface area contributed by atoms with Crippen LogP contribution in [0.25, 0.3) is 11.0 Å². The van der Waals surface area contributed by atoms with Crippen molar-refractivity contribution in [3.8, 4) is 17.2 Å². The van der Waals surface area contributed by atoms with Crippen molar-refractivity contribution in [3.63, 3.8) is 0 Å². The fourth-order valence-electron chi connectivity index (χ4n) is 2.81. The molecule has 8 nitrogen and oxygen atoms in total. The molecule has 1 amide bonds. The first kappa shape index (κ1) is 20.1. The van der Waals surface area contributed by atoms with Crippen molar-refractivity contribution >= 4 is 28.5 Å². The summed E-state index contributed by atoms with van der Waals surface area (Å²) in [4.78, 5) is 24.6. The molecule has 0 saturated heterocycles.